The minimum atomic E-state index is -3.08. The molecule has 6 heteroatoms. The summed E-state index contributed by atoms with van der Waals surface area (Å²) in [4.78, 5) is 0. The molecule has 2 atom stereocenters. The first-order valence-corrected chi connectivity index (χ1v) is 9.01. The summed E-state index contributed by atoms with van der Waals surface area (Å²) in [6, 6.07) is 7.54. The Balaban J connectivity index is 2.61. The fraction of sp³-hybridized carbons (Fsp3) is 0.600. The van der Waals surface area contributed by atoms with Gasteiger partial charge in [-0.3, -0.25) is 4.57 Å². The molecule has 0 aliphatic heterocycles. The van der Waals surface area contributed by atoms with E-state index in [0.29, 0.717) is 26.1 Å². The van der Waals surface area contributed by atoms with Gasteiger partial charge in [-0.05, 0) is 44.4 Å². The first kappa shape index (κ1) is 18.2. The lowest BCUT2D eigenvalue weighted by Crippen LogP contribution is -2.28. The number of benzene rings is 1. The Kier molecular flexibility index (Phi) is 7.40. The van der Waals surface area contributed by atoms with Crippen LogP contribution in [0.2, 0.25) is 0 Å². The van der Waals surface area contributed by atoms with Crippen LogP contribution in [-0.2, 0) is 20.0 Å². The van der Waals surface area contributed by atoms with Gasteiger partial charge in [-0.25, -0.2) is 0 Å². The van der Waals surface area contributed by atoms with Crippen molar-refractivity contribution >= 4 is 13.3 Å². The summed E-state index contributed by atoms with van der Waals surface area (Å²) in [5.41, 5.74) is 13.5. The highest BCUT2D eigenvalue weighted by molar-refractivity contribution is 7.54. The molecule has 0 radical (unpaired) electrons. The number of anilines is 1. The molecule has 0 amide bonds. The SMILES string of the molecule is CCOP(=O)(OCC)[C@@H](C)C[C@@H](N)Cc1ccc(N)cc1. The summed E-state index contributed by atoms with van der Waals surface area (Å²) in [6.07, 6.45) is 1.30. The summed E-state index contributed by atoms with van der Waals surface area (Å²) in [5.74, 6) is 0. The molecule has 0 heterocycles. The highest BCUT2D eigenvalue weighted by Gasteiger charge is 2.32. The van der Waals surface area contributed by atoms with Gasteiger partial charge in [-0.2, -0.15) is 0 Å². The summed E-state index contributed by atoms with van der Waals surface area (Å²) in [6.45, 7) is 6.23. The maximum absolute atomic E-state index is 12.6. The summed E-state index contributed by atoms with van der Waals surface area (Å²) in [5, 5.41) is 0. The molecule has 0 saturated heterocycles. The Bertz CT molecular complexity index is 454. The summed E-state index contributed by atoms with van der Waals surface area (Å²) in [7, 11) is -3.08. The summed E-state index contributed by atoms with van der Waals surface area (Å²) < 4.78 is 23.3. The van der Waals surface area contributed by atoms with Crippen LogP contribution in [0.25, 0.3) is 0 Å². The Morgan fingerprint density at radius 2 is 1.67 bits per heavy atom. The van der Waals surface area contributed by atoms with E-state index < -0.39 is 7.60 Å². The molecule has 1 aromatic rings. The Hall–Kier alpha value is -0.870. The molecule has 0 saturated carbocycles. The molecule has 0 bridgehead atoms. The monoisotopic (exact) mass is 314 g/mol. The zero-order valence-electron chi connectivity index (χ0n) is 13.1. The summed E-state index contributed by atoms with van der Waals surface area (Å²) >= 11 is 0. The van der Waals surface area contributed by atoms with Gasteiger partial charge in [0.05, 0.1) is 18.9 Å². The Labute approximate surface area is 127 Å². The van der Waals surface area contributed by atoms with E-state index in [4.69, 9.17) is 20.5 Å². The number of nitrogen functional groups attached to an aromatic ring is 1. The topological polar surface area (TPSA) is 87.6 Å². The van der Waals surface area contributed by atoms with Gasteiger partial charge in [0, 0.05) is 11.7 Å². The van der Waals surface area contributed by atoms with Crippen molar-refractivity contribution in [3.63, 3.8) is 0 Å². The molecule has 0 spiro atoms. The predicted octanol–water partition coefficient (Wildman–Crippen LogP) is 3.18. The Morgan fingerprint density at radius 3 is 2.14 bits per heavy atom. The molecule has 1 rings (SSSR count). The van der Waals surface area contributed by atoms with Gasteiger partial charge in [-0.1, -0.05) is 19.1 Å². The van der Waals surface area contributed by atoms with Gasteiger partial charge in [0.2, 0.25) is 0 Å². The number of hydrogen-bond donors (Lipinski definition) is 2. The standard InChI is InChI=1S/C15H27N2O3P/c1-4-19-21(18,20-5-2)12(3)10-15(17)11-13-6-8-14(16)9-7-13/h6-9,12,15H,4-5,10-11,16-17H2,1-3H3/t12-,15+/m0/s1. The third kappa shape index (κ3) is 5.79. The van der Waals surface area contributed by atoms with Crippen LogP contribution in [0.5, 0.6) is 0 Å². The van der Waals surface area contributed by atoms with Crippen LogP contribution < -0.4 is 11.5 Å². The van der Waals surface area contributed by atoms with E-state index in [0.717, 1.165) is 11.3 Å². The smallest absolute Gasteiger partial charge is 0.333 e. The molecular formula is C15H27N2O3P. The van der Waals surface area contributed by atoms with E-state index in [1.165, 1.54) is 0 Å². The lowest BCUT2D eigenvalue weighted by molar-refractivity contribution is 0.211. The number of nitrogens with two attached hydrogens (primary N) is 2. The van der Waals surface area contributed by atoms with Crippen LogP contribution >= 0.6 is 7.60 Å². The number of rotatable bonds is 9. The normalized spacial score (nSPS) is 14.9. The number of hydrogen-bond acceptors (Lipinski definition) is 5. The zero-order chi connectivity index (χ0) is 15.9. The zero-order valence-corrected chi connectivity index (χ0v) is 14.0. The lowest BCUT2D eigenvalue weighted by atomic mass is 10.0. The van der Waals surface area contributed by atoms with E-state index in [2.05, 4.69) is 0 Å². The van der Waals surface area contributed by atoms with Crippen LogP contribution in [0.4, 0.5) is 5.69 Å². The molecule has 4 N–H and O–H groups in total. The molecule has 0 aliphatic rings. The van der Waals surface area contributed by atoms with Gasteiger partial charge in [0.1, 0.15) is 0 Å². The molecule has 0 aromatic heterocycles. The first-order valence-electron chi connectivity index (χ1n) is 7.40. The van der Waals surface area contributed by atoms with Crippen LogP contribution in [-0.4, -0.2) is 24.9 Å². The van der Waals surface area contributed by atoms with Crippen molar-refractivity contribution in [2.24, 2.45) is 5.73 Å². The highest BCUT2D eigenvalue weighted by Crippen LogP contribution is 2.54. The fourth-order valence-corrected chi connectivity index (χ4v) is 4.09. The van der Waals surface area contributed by atoms with Crippen LogP contribution in [0, 0.1) is 0 Å². The maximum atomic E-state index is 12.6. The van der Waals surface area contributed by atoms with Gasteiger partial charge < -0.3 is 20.5 Å². The average molecular weight is 314 g/mol. The second-order valence-corrected chi connectivity index (χ2v) is 7.64. The van der Waals surface area contributed by atoms with Crippen molar-refractivity contribution < 1.29 is 13.6 Å². The van der Waals surface area contributed by atoms with Crippen LogP contribution in [0.1, 0.15) is 32.8 Å². The lowest BCUT2D eigenvalue weighted by Gasteiger charge is -2.25. The van der Waals surface area contributed by atoms with Crippen LogP contribution in [0.15, 0.2) is 24.3 Å². The maximum Gasteiger partial charge on any atom is 0.333 e. The molecule has 21 heavy (non-hydrogen) atoms. The highest BCUT2D eigenvalue weighted by atomic mass is 31.2. The van der Waals surface area contributed by atoms with E-state index in [1.54, 1.807) is 0 Å². The van der Waals surface area contributed by atoms with Gasteiger partial charge in [0.25, 0.3) is 0 Å². The second kappa shape index (κ2) is 8.54. The fourth-order valence-electron chi connectivity index (χ4n) is 2.26. The molecule has 0 fully saturated rings. The quantitative estimate of drug-likeness (QED) is 0.540. The van der Waals surface area contributed by atoms with Gasteiger partial charge in [-0.15, -0.1) is 0 Å². The van der Waals surface area contributed by atoms with Crippen molar-refractivity contribution in [2.45, 2.75) is 45.3 Å². The van der Waals surface area contributed by atoms with Crippen molar-refractivity contribution in [2.75, 3.05) is 18.9 Å². The molecule has 5 nitrogen and oxygen atoms in total. The molecule has 0 aliphatic carbocycles. The first-order chi connectivity index (χ1) is 9.91. The minimum Gasteiger partial charge on any atom is -0.399 e. The third-order valence-corrected chi connectivity index (χ3v) is 5.81. The van der Waals surface area contributed by atoms with Gasteiger partial charge >= 0.3 is 7.60 Å². The average Bonchev–Trinajstić information content (AvgIpc) is 2.42. The molecular weight excluding hydrogens is 287 g/mol. The van der Waals surface area contributed by atoms with Gasteiger partial charge in [0.15, 0.2) is 0 Å². The van der Waals surface area contributed by atoms with E-state index in [-0.39, 0.29) is 11.7 Å². The van der Waals surface area contributed by atoms with E-state index in [9.17, 15) is 4.57 Å². The van der Waals surface area contributed by atoms with Crippen molar-refractivity contribution in [3.05, 3.63) is 29.8 Å². The largest absolute Gasteiger partial charge is 0.399 e. The molecule has 120 valence electrons. The van der Waals surface area contributed by atoms with E-state index >= 15 is 0 Å². The Morgan fingerprint density at radius 1 is 1.14 bits per heavy atom. The second-order valence-electron chi connectivity index (χ2n) is 5.17. The van der Waals surface area contributed by atoms with Crippen LogP contribution in [0.3, 0.4) is 0 Å². The van der Waals surface area contributed by atoms with Crippen molar-refractivity contribution in [3.8, 4) is 0 Å². The molecule has 0 unspecified atom stereocenters. The molecule has 1 aromatic carbocycles. The third-order valence-electron chi connectivity index (χ3n) is 3.28. The van der Waals surface area contributed by atoms with E-state index in [1.807, 2.05) is 45.0 Å². The predicted molar refractivity (Wildman–Crippen MR) is 87.5 cm³/mol. The minimum absolute atomic E-state index is 0.0992. The van der Waals surface area contributed by atoms with Crippen molar-refractivity contribution in [1.82, 2.24) is 0 Å². The van der Waals surface area contributed by atoms with Crippen molar-refractivity contribution in [1.29, 1.82) is 0 Å².